The summed E-state index contributed by atoms with van der Waals surface area (Å²) in [4.78, 5) is 23.4. The molecule has 0 radical (unpaired) electrons. The SMILES string of the molecule is O=C(NC1CCCNC1=O)c1ccc(Cl)cc1O. The minimum atomic E-state index is -0.540. The molecule has 6 heteroatoms. The van der Waals surface area contributed by atoms with Gasteiger partial charge in [0.1, 0.15) is 11.8 Å². The molecule has 1 aliphatic heterocycles. The molecule has 0 aliphatic carbocycles. The Morgan fingerprint density at radius 2 is 2.28 bits per heavy atom. The normalized spacial score (nSPS) is 19.2. The van der Waals surface area contributed by atoms with Crippen molar-refractivity contribution in [3.63, 3.8) is 0 Å². The number of rotatable bonds is 2. The van der Waals surface area contributed by atoms with Gasteiger partial charge in [0.05, 0.1) is 5.56 Å². The van der Waals surface area contributed by atoms with Crippen LogP contribution in [-0.2, 0) is 4.79 Å². The molecule has 1 unspecified atom stereocenters. The number of amides is 2. The zero-order valence-electron chi connectivity index (χ0n) is 9.57. The van der Waals surface area contributed by atoms with Crippen LogP contribution >= 0.6 is 11.6 Å². The third-order valence-corrected chi connectivity index (χ3v) is 3.03. The highest BCUT2D eigenvalue weighted by atomic mass is 35.5. The minimum Gasteiger partial charge on any atom is -0.507 e. The van der Waals surface area contributed by atoms with Crippen molar-refractivity contribution in [3.05, 3.63) is 28.8 Å². The van der Waals surface area contributed by atoms with Crippen molar-refractivity contribution in [1.82, 2.24) is 10.6 Å². The summed E-state index contributed by atoms with van der Waals surface area (Å²) >= 11 is 5.68. The van der Waals surface area contributed by atoms with Gasteiger partial charge in [-0.15, -0.1) is 0 Å². The van der Waals surface area contributed by atoms with Crippen LogP contribution in [0.4, 0.5) is 0 Å². The van der Waals surface area contributed by atoms with Gasteiger partial charge in [0.15, 0.2) is 0 Å². The molecule has 2 amide bonds. The summed E-state index contributed by atoms with van der Waals surface area (Å²) in [6.07, 6.45) is 1.43. The van der Waals surface area contributed by atoms with Gasteiger partial charge in [-0.05, 0) is 31.0 Å². The molecular formula is C12H13ClN2O3. The molecule has 1 fully saturated rings. The Morgan fingerprint density at radius 3 is 2.94 bits per heavy atom. The zero-order valence-corrected chi connectivity index (χ0v) is 10.3. The van der Waals surface area contributed by atoms with E-state index in [1.165, 1.54) is 18.2 Å². The van der Waals surface area contributed by atoms with Crippen LogP contribution in [0.2, 0.25) is 5.02 Å². The molecule has 2 rings (SSSR count). The molecule has 3 N–H and O–H groups in total. The highest BCUT2D eigenvalue weighted by molar-refractivity contribution is 6.30. The highest BCUT2D eigenvalue weighted by Gasteiger charge is 2.24. The lowest BCUT2D eigenvalue weighted by molar-refractivity contribution is -0.124. The van der Waals surface area contributed by atoms with Crippen LogP contribution in [0.1, 0.15) is 23.2 Å². The van der Waals surface area contributed by atoms with Gasteiger partial charge in [0, 0.05) is 11.6 Å². The Morgan fingerprint density at radius 1 is 1.50 bits per heavy atom. The van der Waals surface area contributed by atoms with E-state index in [0.29, 0.717) is 18.0 Å². The average Bonchev–Trinajstić information content (AvgIpc) is 2.32. The number of nitrogens with one attached hydrogen (secondary N) is 2. The van der Waals surface area contributed by atoms with Gasteiger partial charge in [-0.1, -0.05) is 11.6 Å². The van der Waals surface area contributed by atoms with E-state index >= 15 is 0 Å². The number of hydrogen-bond acceptors (Lipinski definition) is 3. The van der Waals surface area contributed by atoms with E-state index in [1.807, 2.05) is 0 Å². The maximum Gasteiger partial charge on any atom is 0.255 e. The van der Waals surface area contributed by atoms with Crippen LogP contribution in [0.15, 0.2) is 18.2 Å². The molecule has 1 heterocycles. The topological polar surface area (TPSA) is 78.4 Å². The first-order chi connectivity index (χ1) is 8.58. The fourth-order valence-corrected chi connectivity index (χ4v) is 2.01. The molecule has 0 bridgehead atoms. The quantitative estimate of drug-likeness (QED) is 0.750. The molecule has 0 saturated carbocycles. The van der Waals surface area contributed by atoms with Crippen LogP contribution < -0.4 is 10.6 Å². The predicted octanol–water partition coefficient (Wildman–Crippen LogP) is 1.05. The van der Waals surface area contributed by atoms with Crippen molar-refractivity contribution in [2.24, 2.45) is 0 Å². The predicted molar refractivity (Wildman–Crippen MR) is 66.6 cm³/mol. The number of aromatic hydroxyl groups is 1. The van der Waals surface area contributed by atoms with Gasteiger partial charge in [-0.25, -0.2) is 0 Å². The smallest absolute Gasteiger partial charge is 0.255 e. The van der Waals surface area contributed by atoms with Crippen molar-refractivity contribution in [2.45, 2.75) is 18.9 Å². The Balaban J connectivity index is 2.09. The van der Waals surface area contributed by atoms with Gasteiger partial charge in [0.25, 0.3) is 5.91 Å². The number of benzene rings is 1. The Kier molecular flexibility index (Phi) is 3.72. The van der Waals surface area contributed by atoms with Crippen molar-refractivity contribution in [3.8, 4) is 5.75 Å². The maximum absolute atomic E-state index is 11.9. The third kappa shape index (κ3) is 2.73. The van der Waals surface area contributed by atoms with Crippen LogP contribution in [0.5, 0.6) is 5.75 Å². The molecule has 0 aromatic heterocycles. The standard InChI is InChI=1S/C12H13ClN2O3/c13-7-3-4-8(10(16)6-7)11(17)15-9-2-1-5-14-12(9)18/h3-4,6,9,16H,1-2,5H2,(H,14,18)(H,15,17). The number of halogens is 1. The zero-order chi connectivity index (χ0) is 13.1. The highest BCUT2D eigenvalue weighted by Crippen LogP contribution is 2.22. The molecule has 96 valence electrons. The monoisotopic (exact) mass is 268 g/mol. The molecule has 1 aromatic carbocycles. The summed E-state index contributed by atoms with van der Waals surface area (Å²) in [5.41, 5.74) is 0.109. The number of phenolic OH excluding ortho intramolecular Hbond substituents is 1. The summed E-state index contributed by atoms with van der Waals surface area (Å²) in [6, 6.07) is 3.68. The van der Waals surface area contributed by atoms with Crippen LogP contribution in [-0.4, -0.2) is 29.5 Å². The van der Waals surface area contributed by atoms with Crippen LogP contribution in [0.25, 0.3) is 0 Å². The molecular weight excluding hydrogens is 256 g/mol. The van der Waals surface area contributed by atoms with Crippen molar-refractivity contribution in [2.75, 3.05) is 6.54 Å². The lowest BCUT2D eigenvalue weighted by Gasteiger charge is -2.22. The Labute approximate surface area is 109 Å². The summed E-state index contributed by atoms with van der Waals surface area (Å²) in [5.74, 6) is -0.870. The molecule has 0 spiro atoms. The van der Waals surface area contributed by atoms with Crippen LogP contribution in [0.3, 0.4) is 0 Å². The summed E-state index contributed by atoms with van der Waals surface area (Å²) < 4.78 is 0. The van der Waals surface area contributed by atoms with E-state index in [4.69, 9.17) is 11.6 Å². The Hall–Kier alpha value is -1.75. The van der Waals surface area contributed by atoms with Gasteiger partial charge in [0.2, 0.25) is 5.91 Å². The minimum absolute atomic E-state index is 0.109. The first kappa shape index (κ1) is 12.7. The largest absolute Gasteiger partial charge is 0.507 e. The summed E-state index contributed by atoms with van der Waals surface area (Å²) in [6.45, 7) is 0.636. The maximum atomic E-state index is 11.9. The second-order valence-corrected chi connectivity index (χ2v) is 4.56. The number of carbonyl (C=O) groups excluding carboxylic acids is 2. The van der Waals surface area contributed by atoms with E-state index in [2.05, 4.69) is 10.6 Å². The lowest BCUT2D eigenvalue weighted by atomic mass is 10.1. The van der Waals surface area contributed by atoms with E-state index in [-0.39, 0.29) is 17.2 Å². The molecule has 1 atom stereocenters. The number of phenols is 1. The van der Waals surface area contributed by atoms with Crippen LogP contribution in [0, 0.1) is 0 Å². The van der Waals surface area contributed by atoms with Crippen molar-refractivity contribution in [1.29, 1.82) is 0 Å². The third-order valence-electron chi connectivity index (χ3n) is 2.80. The van der Waals surface area contributed by atoms with Crippen molar-refractivity contribution >= 4 is 23.4 Å². The van der Waals surface area contributed by atoms with Gasteiger partial charge in [-0.2, -0.15) is 0 Å². The second kappa shape index (κ2) is 5.27. The fraction of sp³-hybridized carbons (Fsp3) is 0.333. The number of hydrogen-bond donors (Lipinski definition) is 3. The van der Waals surface area contributed by atoms with Gasteiger partial charge >= 0.3 is 0 Å². The first-order valence-electron chi connectivity index (χ1n) is 5.65. The van der Waals surface area contributed by atoms with Crippen molar-refractivity contribution < 1.29 is 14.7 Å². The molecule has 1 aliphatic rings. The van der Waals surface area contributed by atoms with Gasteiger partial charge in [-0.3, -0.25) is 9.59 Å². The fourth-order valence-electron chi connectivity index (χ4n) is 1.84. The molecule has 1 saturated heterocycles. The van der Waals surface area contributed by atoms with Gasteiger partial charge < -0.3 is 15.7 Å². The number of piperidine rings is 1. The Bertz CT molecular complexity index is 490. The molecule has 5 nitrogen and oxygen atoms in total. The summed E-state index contributed by atoms with van der Waals surface area (Å²) in [5, 5.41) is 15.2. The van der Waals surface area contributed by atoms with E-state index in [0.717, 1.165) is 6.42 Å². The van der Waals surface area contributed by atoms with E-state index in [9.17, 15) is 14.7 Å². The molecule has 18 heavy (non-hydrogen) atoms. The van der Waals surface area contributed by atoms with E-state index < -0.39 is 11.9 Å². The first-order valence-corrected chi connectivity index (χ1v) is 6.03. The number of carbonyl (C=O) groups is 2. The molecule has 1 aromatic rings. The average molecular weight is 269 g/mol. The lowest BCUT2D eigenvalue weighted by Crippen LogP contribution is -2.50. The van der Waals surface area contributed by atoms with E-state index in [1.54, 1.807) is 0 Å². The summed E-state index contributed by atoms with van der Waals surface area (Å²) in [7, 11) is 0. The second-order valence-electron chi connectivity index (χ2n) is 4.12.